The SMILES string of the molecule is CCC(CO)NC(=O)C(=O)N1CC(C)OC(C)C1. The highest BCUT2D eigenvalue weighted by Crippen LogP contribution is 2.10. The molecule has 1 aliphatic heterocycles. The van der Waals surface area contributed by atoms with Crippen LogP contribution in [0.25, 0.3) is 0 Å². The van der Waals surface area contributed by atoms with E-state index in [1.165, 1.54) is 4.90 Å². The maximum atomic E-state index is 11.9. The smallest absolute Gasteiger partial charge is 0.312 e. The molecule has 0 aliphatic carbocycles. The van der Waals surface area contributed by atoms with Crippen LogP contribution in [0.3, 0.4) is 0 Å². The highest BCUT2D eigenvalue weighted by Gasteiger charge is 2.30. The third kappa shape index (κ3) is 3.96. The average Bonchev–Trinajstić information content (AvgIpc) is 2.33. The normalized spacial score (nSPS) is 25.7. The Labute approximate surface area is 107 Å². The molecule has 2 N–H and O–H groups in total. The molecule has 6 nitrogen and oxygen atoms in total. The van der Waals surface area contributed by atoms with E-state index in [-0.39, 0.29) is 24.9 Å². The van der Waals surface area contributed by atoms with Crippen molar-refractivity contribution in [2.24, 2.45) is 0 Å². The molecule has 0 aromatic carbocycles. The van der Waals surface area contributed by atoms with Crippen molar-refractivity contribution in [2.45, 2.75) is 45.4 Å². The lowest BCUT2D eigenvalue weighted by molar-refractivity contribution is -0.153. The fraction of sp³-hybridized carbons (Fsp3) is 0.833. The summed E-state index contributed by atoms with van der Waals surface area (Å²) in [5.41, 5.74) is 0. The second kappa shape index (κ2) is 6.70. The van der Waals surface area contributed by atoms with Gasteiger partial charge >= 0.3 is 11.8 Å². The Balaban J connectivity index is 2.55. The Hall–Kier alpha value is -1.14. The summed E-state index contributed by atoms with van der Waals surface area (Å²) < 4.78 is 5.50. The molecule has 1 fully saturated rings. The molecule has 0 aromatic heterocycles. The molecule has 18 heavy (non-hydrogen) atoms. The number of carbonyl (C=O) groups is 2. The first kappa shape index (κ1) is 14.9. The van der Waals surface area contributed by atoms with Crippen LogP contribution in [-0.4, -0.2) is 59.8 Å². The lowest BCUT2D eigenvalue weighted by Gasteiger charge is -2.35. The van der Waals surface area contributed by atoms with E-state index in [2.05, 4.69) is 5.32 Å². The number of rotatable bonds is 3. The highest BCUT2D eigenvalue weighted by molar-refractivity contribution is 6.35. The van der Waals surface area contributed by atoms with Crippen molar-refractivity contribution < 1.29 is 19.4 Å². The molecule has 2 amide bonds. The zero-order chi connectivity index (χ0) is 13.7. The number of nitrogens with one attached hydrogen (secondary N) is 1. The summed E-state index contributed by atoms with van der Waals surface area (Å²) in [5.74, 6) is -1.21. The Kier molecular flexibility index (Phi) is 5.55. The monoisotopic (exact) mass is 258 g/mol. The summed E-state index contributed by atoms with van der Waals surface area (Å²) in [6.45, 7) is 6.27. The second-order valence-electron chi connectivity index (χ2n) is 4.73. The molecule has 0 bridgehead atoms. The zero-order valence-corrected chi connectivity index (χ0v) is 11.2. The van der Waals surface area contributed by atoms with Gasteiger partial charge in [-0.2, -0.15) is 0 Å². The van der Waals surface area contributed by atoms with Gasteiger partial charge in [-0.05, 0) is 20.3 Å². The summed E-state index contributed by atoms with van der Waals surface area (Å²) in [6, 6.07) is -0.364. The van der Waals surface area contributed by atoms with Crippen molar-refractivity contribution in [1.29, 1.82) is 0 Å². The lowest BCUT2D eigenvalue weighted by atomic mass is 10.2. The molecule has 6 heteroatoms. The first-order valence-corrected chi connectivity index (χ1v) is 6.34. The molecule has 1 aliphatic rings. The molecule has 3 atom stereocenters. The Bertz CT molecular complexity index is 294. The summed E-state index contributed by atoms with van der Waals surface area (Å²) in [7, 11) is 0. The van der Waals surface area contributed by atoms with Crippen LogP contribution >= 0.6 is 0 Å². The molecule has 0 spiro atoms. The molecule has 1 rings (SSSR count). The lowest BCUT2D eigenvalue weighted by Crippen LogP contribution is -2.54. The standard InChI is InChI=1S/C12H22N2O4/c1-4-10(7-15)13-11(16)12(17)14-5-8(2)18-9(3)6-14/h8-10,15H,4-7H2,1-3H3,(H,13,16). The number of amides is 2. The number of hydrogen-bond donors (Lipinski definition) is 2. The van der Waals surface area contributed by atoms with E-state index in [9.17, 15) is 9.59 Å². The van der Waals surface area contributed by atoms with E-state index < -0.39 is 11.8 Å². The van der Waals surface area contributed by atoms with E-state index in [0.717, 1.165) is 0 Å². The summed E-state index contributed by atoms with van der Waals surface area (Å²) >= 11 is 0. The molecule has 104 valence electrons. The molecule has 1 heterocycles. The molecular weight excluding hydrogens is 236 g/mol. The van der Waals surface area contributed by atoms with E-state index in [1.807, 2.05) is 20.8 Å². The Morgan fingerprint density at radius 3 is 2.39 bits per heavy atom. The van der Waals surface area contributed by atoms with Crippen LogP contribution in [0.15, 0.2) is 0 Å². The van der Waals surface area contributed by atoms with Gasteiger partial charge in [-0.25, -0.2) is 0 Å². The number of aliphatic hydroxyl groups is 1. The maximum absolute atomic E-state index is 11.9. The van der Waals surface area contributed by atoms with Gasteiger partial charge in [0.15, 0.2) is 0 Å². The van der Waals surface area contributed by atoms with Gasteiger partial charge in [0.05, 0.1) is 24.9 Å². The van der Waals surface area contributed by atoms with Crippen LogP contribution in [-0.2, 0) is 14.3 Å². The van der Waals surface area contributed by atoms with Crippen molar-refractivity contribution >= 4 is 11.8 Å². The fourth-order valence-corrected chi connectivity index (χ4v) is 2.01. The van der Waals surface area contributed by atoms with Gasteiger partial charge in [-0.3, -0.25) is 9.59 Å². The minimum absolute atomic E-state index is 0.0645. The minimum atomic E-state index is -0.655. The quantitative estimate of drug-likeness (QED) is 0.670. The molecule has 1 saturated heterocycles. The average molecular weight is 258 g/mol. The van der Waals surface area contributed by atoms with Gasteiger partial charge in [-0.15, -0.1) is 0 Å². The fourth-order valence-electron chi connectivity index (χ4n) is 2.01. The number of nitrogens with zero attached hydrogens (tertiary/aromatic N) is 1. The van der Waals surface area contributed by atoms with Gasteiger partial charge in [-0.1, -0.05) is 6.92 Å². The van der Waals surface area contributed by atoms with Gasteiger partial charge in [0.2, 0.25) is 0 Å². The molecular formula is C12H22N2O4. The van der Waals surface area contributed by atoms with Gasteiger partial charge in [0.1, 0.15) is 0 Å². The van der Waals surface area contributed by atoms with Crippen molar-refractivity contribution in [3.8, 4) is 0 Å². The van der Waals surface area contributed by atoms with E-state index in [4.69, 9.17) is 9.84 Å². The largest absolute Gasteiger partial charge is 0.394 e. The number of ether oxygens (including phenoxy) is 1. The third-order valence-corrected chi connectivity index (χ3v) is 2.95. The first-order valence-electron chi connectivity index (χ1n) is 6.34. The van der Waals surface area contributed by atoms with Crippen LogP contribution in [0.1, 0.15) is 27.2 Å². The maximum Gasteiger partial charge on any atom is 0.312 e. The van der Waals surface area contributed by atoms with Crippen molar-refractivity contribution in [3.63, 3.8) is 0 Å². The number of aliphatic hydroxyl groups excluding tert-OH is 1. The van der Waals surface area contributed by atoms with Crippen LogP contribution < -0.4 is 5.32 Å². The van der Waals surface area contributed by atoms with Crippen LogP contribution in [0.5, 0.6) is 0 Å². The topological polar surface area (TPSA) is 78.9 Å². The van der Waals surface area contributed by atoms with Crippen LogP contribution in [0.4, 0.5) is 0 Å². The Morgan fingerprint density at radius 1 is 1.39 bits per heavy atom. The highest BCUT2D eigenvalue weighted by atomic mass is 16.5. The van der Waals surface area contributed by atoms with Crippen LogP contribution in [0.2, 0.25) is 0 Å². The third-order valence-electron chi connectivity index (χ3n) is 2.95. The minimum Gasteiger partial charge on any atom is -0.394 e. The van der Waals surface area contributed by atoms with Gasteiger partial charge in [0.25, 0.3) is 0 Å². The Morgan fingerprint density at radius 2 is 1.94 bits per heavy atom. The molecule has 0 radical (unpaired) electrons. The number of morpholine rings is 1. The summed E-state index contributed by atoms with van der Waals surface area (Å²) in [6.07, 6.45) is 0.460. The molecule has 3 unspecified atom stereocenters. The second-order valence-corrected chi connectivity index (χ2v) is 4.73. The van der Waals surface area contributed by atoms with Crippen molar-refractivity contribution in [3.05, 3.63) is 0 Å². The predicted octanol–water partition coefficient (Wildman–Crippen LogP) is -0.491. The van der Waals surface area contributed by atoms with Crippen LogP contribution in [0, 0.1) is 0 Å². The zero-order valence-electron chi connectivity index (χ0n) is 11.2. The summed E-state index contributed by atoms with van der Waals surface area (Å²) in [5, 5.41) is 11.5. The summed E-state index contributed by atoms with van der Waals surface area (Å²) in [4.78, 5) is 25.2. The van der Waals surface area contributed by atoms with E-state index in [0.29, 0.717) is 19.5 Å². The number of carbonyl (C=O) groups excluding carboxylic acids is 2. The van der Waals surface area contributed by atoms with E-state index >= 15 is 0 Å². The first-order chi connectivity index (χ1) is 8.47. The van der Waals surface area contributed by atoms with Gasteiger partial charge in [0, 0.05) is 13.1 Å². The van der Waals surface area contributed by atoms with Crippen molar-refractivity contribution in [2.75, 3.05) is 19.7 Å². The van der Waals surface area contributed by atoms with Crippen molar-refractivity contribution in [1.82, 2.24) is 10.2 Å². The van der Waals surface area contributed by atoms with Gasteiger partial charge < -0.3 is 20.1 Å². The van der Waals surface area contributed by atoms with E-state index in [1.54, 1.807) is 0 Å². The number of hydrogen-bond acceptors (Lipinski definition) is 4. The predicted molar refractivity (Wildman–Crippen MR) is 65.9 cm³/mol. The molecule has 0 aromatic rings. The molecule has 0 saturated carbocycles.